The van der Waals surface area contributed by atoms with Crippen molar-refractivity contribution in [2.75, 3.05) is 32.7 Å². The lowest BCUT2D eigenvalue weighted by Gasteiger charge is -2.29. The molecule has 0 unspecified atom stereocenters. The van der Waals surface area contributed by atoms with Crippen molar-refractivity contribution >= 4 is 124 Å². The molecule has 18 atom stereocenters. The largest absolute Gasteiger partial charge is 0.508 e. The predicted molar refractivity (Wildman–Crippen MR) is 413 cm³/mol. The summed E-state index contributed by atoms with van der Waals surface area (Å²) in [5, 5.41) is 119. The van der Waals surface area contributed by atoms with Crippen LogP contribution in [0, 0.1) is 17.2 Å². The van der Waals surface area contributed by atoms with E-state index in [1.807, 2.05) is 5.32 Å². The number of amides is 18. The van der Waals surface area contributed by atoms with Crippen LogP contribution in [0.1, 0.15) is 121 Å². The van der Waals surface area contributed by atoms with Gasteiger partial charge in [0.15, 0.2) is 5.96 Å². The minimum absolute atomic E-state index is 0.0147. The summed E-state index contributed by atoms with van der Waals surface area (Å²) in [4.78, 5) is 261. The highest BCUT2D eigenvalue weighted by atomic mass is 16.4. The van der Waals surface area contributed by atoms with Crippen molar-refractivity contribution in [3.63, 3.8) is 0 Å². The lowest BCUT2D eigenvalue weighted by atomic mass is 9.99. The quantitative estimate of drug-likeness (QED) is 0.0164. The average Bonchev–Trinajstić information content (AvgIpc) is 0.829. The van der Waals surface area contributed by atoms with Gasteiger partial charge in [-0.05, 0) is 104 Å². The number of phenolic OH excluding ortho intramolecular Hbond substituents is 1. The third kappa shape index (κ3) is 39.8. The fraction of sp³-hybridized carbons (Fsp3) is 0.614. The zero-order chi connectivity index (χ0) is 91.2. The predicted octanol–water partition coefficient (Wildman–Crippen LogP) is -13.0. The van der Waals surface area contributed by atoms with Crippen LogP contribution in [0.25, 0.3) is 0 Å². The van der Waals surface area contributed by atoms with Crippen molar-refractivity contribution in [3.05, 3.63) is 29.8 Å². The summed E-state index contributed by atoms with van der Waals surface area (Å²) in [6.45, 7) is 11.9. The molecule has 0 spiro atoms. The number of nitrogens with one attached hydrogen (secondary N) is 19. The Morgan fingerprint density at radius 2 is 0.748 bits per heavy atom. The molecule has 0 radical (unpaired) electrons. The maximum Gasteiger partial charge on any atom is 0.326 e. The van der Waals surface area contributed by atoms with Gasteiger partial charge in [-0.15, -0.1) is 0 Å². The third-order valence-electron chi connectivity index (χ3n) is 17.0. The van der Waals surface area contributed by atoms with E-state index < -0.39 is 285 Å². The smallest absolute Gasteiger partial charge is 0.326 e. The van der Waals surface area contributed by atoms with Crippen LogP contribution >= 0.6 is 0 Å². The number of hydrogen-bond acceptors (Lipinski definition) is 27. The first kappa shape index (κ1) is 104. The number of primary amides is 1. The normalized spacial score (nSPS) is 15.6. The minimum Gasteiger partial charge on any atom is -0.508 e. The number of aliphatic hydroxyl groups excluding tert-OH is 4. The first-order valence-corrected chi connectivity index (χ1v) is 37.3. The molecule has 18 amide bonds. The van der Waals surface area contributed by atoms with Crippen LogP contribution in [0.3, 0.4) is 0 Å². The highest BCUT2D eigenvalue weighted by molar-refractivity contribution is 6.01. The van der Waals surface area contributed by atoms with Crippen LogP contribution in [0.5, 0.6) is 5.75 Å². The molecular formula is C70H114N22O27. The molecule has 666 valence electrons. The maximum absolute atomic E-state index is 14.4. The van der Waals surface area contributed by atoms with E-state index in [1.54, 1.807) is 13.8 Å². The third-order valence-corrected chi connectivity index (χ3v) is 17.0. The Bertz CT molecular complexity index is 3770. The Morgan fingerprint density at radius 1 is 0.370 bits per heavy atom. The summed E-state index contributed by atoms with van der Waals surface area (Å²) in [6, 6.07) is -17.4. The second-order valence-electron chi connectivity index (χ2n) is 28.6. The van der Waals surface area contributed by atoms with Crippen LogP contribution in [-0.2, 0) is 102 Å². The summed E-state index contributed by atoms with van der Waals surface area (Å²) >= 11 is 0. The van der Waals surface area contributed by atoms with Crippen molar-refractivity contribution in [1.82, 2.24) is 95.7 Å². The van der Waals surface area contributed by atoms with Gasteiger partial charge in [-0.1, -0.05) is 39.8 Å². The molecule has 119 heavy (non-hydrogen) atoms. The number of aliphatic carboxylic acids is 2. The average molecular weight is 1700 g/mol. The van der Waals surface area contributed by atoms with E-state index in [9.17, 15) is 132 Å². The minimum atomic E-state index is -1.93. The zero-order valence-electron chi connectivity index (χ0n) is 67.7. The number of carboxylic acid groups (broad SMARTS) is 2. The van der Waals surface area contributed by atoms with E-state index in [-0.39, 0.29) is 43.0 Å². The van der Waals surface area contributed by atoms with E-state index in [0.29, 0.717) is 0 Å². The van der Waals surface area contributed by atoms with Crippen molar-refractivity contribution in [3.8, 4) is 5.75 Å². The van der Waals surface area contributed by atoms with Gasteiger partial charge in [0, 0.05) is 13.0 Å². The second-order valence-corrected chi connectivity index (χ2v) is 28.6. The van der Waals surface area contributed by atoms with Gasteiger partial charge in [0.1, 0.15) is 90.3 Å². The number of carbonyl (C=O) groups is 20. The molecular weight excluding hydrogens is 1580 g/mol. The van der Waals surface area contributed by atoms with E-state index in [1.165, 1.54) is 52.0 Å². The summed E-state index contributed by atoms with van der Waals surface area (Å²) < 4.78 is 0. The van der Waals surface area contributed by atoms with Crippen LogP contribution in [-0.4, -0.2) is 302 Å². The molecule has 49 heteroatoms. The number of benzene rings is 1. The highest BCUT2D eigenvalue weighted by Crippen LogP contribution is 2.15. The molecule has 1 aromatic rings. The van der Waals surface area contributed by atoms with Gasteiger partial charge in [-0.3, -0.25) is 96.5 Å². The second kappa shape index (κ2) is 51.5. The fourth-order valence-electron chi connectivity index (χ4n) is 10.3. The number of rotatable bonds is 52. The number of hydrogen-bond donors (Lipinski definition) is 29. The van der Waals surface area contributed by atoms with E-state index in [4.69, 9.17) is 22.6 Å². The monoisotopic (exact) mass is 1690 g/mol. The van der Waals surface area contributed by atoms with E-state index >= 15 is 0 Å². The van der Waals surface area contributed by atoms with E-state index in [0.717, 1.165) is 41.5 Å². The van der Waals surface area contributed by atoms with Crippen molar-refractivity contribution < 1.29 is 132 Å². The lowest BCUT2D eigenvalue weighted by molar-refractivity contribution is -0.143. The van der Waals surface area contributed by atoms with Crippen LogP contribution < -0.4 is 113 Å². The summed E-state index contributed by atoms with van der Waals surface area (Å²) in [5.74, 6) is -24.3. The van der Waals surface area contributed by atoms with Gasteiger partial charge in [-0.2, -0.15) is 0 Å². The van der Waals surface area contributed by atoms with Crippen LogP contribution in [0.15, 0.2) is 24.3 Å². The topological polar surface area (TPSA) is 801 Å². The molecule has 0 bridgehead atoms. The summed E-state index contributed by atoms with van der Waals surface area (Å²) in [5.41, 5.74) is 16.2. The van der Waals surface area contributed by atoms with Gasteiger partial charge in [0.2, 0.25) is 106 Å². The molecule has 0 aromatic heterocycles. The van der Waals surface area contributed by atoms with E-state index in [2.05, 4.69) is 90.4 Å². The Hall–Kier alpha value is -12.5. The number of aromatic hydroxyl groups is 1. The van der Waals surface area contributed by atoms with Crippen LogP contribution in [0.4, 0.5) is 0 Å². The van der Waals surface area contributed by atoms with Gasteiger partial charge in [-0.25, -0.2) is 4.79 Å². The van der Waals surface area contributed by atoms with Crippen molar-refractivity contribution in [2.45, 2.75) is 231 Å². The lowest BCUT2D eigenvalue weighted by Crippen LogP contribution is -2.63. The Morgan fingerprint density at radius 3 is 1.21 bits per heavy atom. The molecule has 32 N–H and O–H groups in total. The number of phenols is 1. The molecule has 0 saturated heterocycles. The standard InChI is InChI=1S/C70H114N22O27/c1-28(2)20-41(86-57(106)31(6)81-47(100)25-78-61(110)43(23-50(103)104)87-58(107)32(7)80-46(99)24-76-56(105)30(5)82-64(113)51(72)34(9)93)62(111)91-53(35(10)94)65(114)79-27-49(102)89-54(36(11)95)68(117)88-42(21-38-15-17-39(97)18-16-38)63(112)90-52(29(3)4)66(115)92-55(37(12)96)67(116)83-33(8)59(108)85-40(14-13-19-75-70(73)74)60(109)77-26-48(101)84-44(69(118)119)22-45(71)98/h15-18,28-37,40-44,51-55,93-97H,13-14,19-27,72H2,1-12H3,(H2,71,98)(H,76,105)(H,77,109)(H,78,110)(H,79,114)(H,80,99)(H,81,100)(H,82,113)(H,83,116)(H,84,101)(H,85,108)(H,86,106)(H,87,107)(H,88,117)(H,89,102)(H,90,112)(H,91,111)(H,92,115)(H,103,104)(H,118,119)(H4,73,74,75)/t30-,31-,32-,33-,34+,35+,36+,37+,40-,41-,42-,43-,44-,51-,52-,53-,54-,55-/m0/s1. The molecule has 49 nitrogen and oxygen atoms in total. The van der Waals surface area contributed by atoms with Gasteiger partial charge in [0.25, 0.3) is 0 Å². The maximum atomic E-state index is 14.4. The summed E-state index contributed by atoms with van der Waals surface area (Å²) in [6.07, 6.45) is -8.93. The molecule has 1 aromatic carbocycles. The van der Waals surface area contributed by atoms with Gasteiger partial charge < -0.3 is 149 Å². The fourth-order valence-corrected chi connectivity index (χ4v) is 10.3. The molecule has 0 heterocycles. The zero-order valence-corrected chi connectivity index (χ0v) is 67.7. The Balaban J connectivity index is 3.23. The van der Waals surface area contributed by atoms with Crippen molar-refractivity contribution in [1.29, 1.82) is 5.41 Å². The van der Waals surface area contributed by atoms with Gasteiger partial charge >= 0.3 is 11.9 Å². The summed E-state index contributed by atoms with van der Waals surface area (Å²) in [7, 11) is 0. The first-order chi connectivity index (χ1) is 55.3. The number of guanidine groups is 1. The molecule has 0 aliphatic carbocycles. The SMILES string of the molecule is CC(C)C[C@H](NC(=O)[C@H](C)NC(=O)CNC(=O)[C@H](CC(=O)O)NC(=O)[C@H](C)NC(=O)CNC(=O)[C@H](C)NC(=O)[C@@H](N)[C@@H](C)O)C(=O)N[C@H](C(=O)NCC(=O)N[C@H](C(=O)N[C@@H](Cc1ccc(O)cc1)C(=O)N[C@H](C(=O)N[C@H](C(=O)N[C@@H](C)C(=O)N[C@@H](CCCNC(=N)N)C(=O)NCC(=O)N[C@@H](CC(N)=O)C(=O)O)[C@@H](C)O)C(C)C)[C@@H](C)O)[C@@H](C)O. The number of aliphatic hydroxyl groups is 4. The Kier molecular flexibility index (Phi) is 45.3. The Labute approximate surface area is 682 Å². The molecule has 0 aliphatic rings. The number of nitrogens with two attached hydrogens (primary N) is 3. The van der Waals surface area contributed by atoms with Gasteiger partial charge in [0.05, 0.1) is 63.4 Å². The molecule has 0 aliphatic heterocycles. The first-order valence-electron chi connectivity index (χ1n) is 37.3. The van der Waals surface area contributed by atoms with Crippen LogP contribution in [0.2, 0.25) is 0 Å². The highest BCUT2D eigenvalue weighted by Gasteiger charge is 2.39. The molecule has 0 fully saturated rings. The number of carboxylic acids is 2. The van der Waals surface area contributed by atoms with Crippen molar-refractivity contribution in [2.24, 2.45) is 29.0 Å². The molecule has 1 rings (SSSR count). The number of carbonyl (C=O) groups excluding carboxylic acids is 18. The molecule has 0 saturated carbocycles.